The first kappa shape index (κ1) is 30.9. The van der Waals surface area contributed by atoms with Crippen LogP contribution in [0.3, 0.4) is 0 Å². The van der Waals surface area contributed by atoms with Crippen molar-refractivity contribution in [2.24, 2.45) is 13.0 Å². The number of halogens is 2. The van der Waals surface area contributed by atoms with Crippen molar-refractivity contribution in [2.75, 3.05) is 19.1 Å². The lowest BCUT2D eigenvalue weighted by atomic mass is 9.79. The number of hydrogen-bond acceptors (Lipinski definition) is 9. The van der Waals surface area contributed by atoms with Gasteiger partial charge in [0.15, 0.2) is 11.4 Å². The van der Waals surface area contributed by atoms with Crippen molar-refractivity contribution in [1.82, 2.24) is 24.4 Å². The van der Waals surface area contributed by atoms with E-state index >= 15 is 0 Å². The Kier molecular flexibility index (Phi) is 8.34. The van der Waals surface area contributed by atoms with Crippen molar-refractivity contribution in [3.05, 3.63) is 81.3 Å². The molecule has 2 aliphatic rings. The summed E-state index contributed by atoms with van der Waals surface area (Å²) in [7, 11) is 5.15. The Hall–Kier alpha value is -4.53. The number of nitrogens with one attached hydrogen (secondary N) is 3. The van der Waals surface area contributed by atoms with Crippen molar-refractivity contribution < 1.29 is 23.5 Å². The molecule has 4 N–H and O–H groups in total. The lowest BCUT2D eigenvalue weighted by molar-refractivity contribution is -0.127. The largest absolute Gasteiger partial charge is 0.502 e. The lowest BCUT2D eigenvalue weighted by Crippen LogP contribution is -2.69. The van der Waals surface area contributed by atoms with E-state index in [2.05, 4.69) is 10.3 Å². The summed E-state index contributed by atoms with van der Waals surface area (Å²) in [6.45, 7) is 0.308. The highest BCUT2D eigenvalue weighted by Crippen LogP contribution is 2.41. The first-order valence-electron chi connectivity index (χ1n) is 13.9. The first-order chi connectivity index (χ1) is 20.8. The molecule has 0 unspecified atom stereocenters. The van der Waals surface area contributed by atoms with Gasteiger partial charge in [-0.3, -0.25) is 34.9 Å². The fourth-order valence-corrected chi connectivity index (χ4v) is 6.62. The van der Waals surface area contributed by atoms with E-state index in [-0.39, 0.29) is 45.2 Å². The highest BCUT2D eigenvalue weighted by molar-refractivity contribution is 8.26. The second kappa shape index (κ2) is 11.9. The number of pyridine rings is 1. The number of carbonyl (C=O) groups is 2. The number of amides is 2. The van der Waals surface area contributed by atoms with Crippen LogP contribution < -0.4 is 15.8 Å². The molecule has 1 aliphatic carbocycles. The van der Waals surface area contributed by atoms with E-state index in [0.717, 1.165) is 11.8 Å². The van der Waals surface area contributed by atoms with E-state index in [1.165, 1.54) is 21.8 Å². The molecule has 44 heavy (non-hydrogen) atoms. The second-order valence-corrected chi connectivity index (χ2v) is 12.2. The molecule has 5 rings (SSSR count). The molecular formula is C29H32F2N8O4S. The van der Waals surface area contributed by atoms with Gasteiger partial charge < -0.3 is 19.9 Å². The van der Waals surface area contributed by atoms with Gasteiger partial charge in [-0.25, -0.2) is 13.8 Å². The van der Waals surface area contributed by atoms with Crippen molar-refractivity contribution in [3.8, 4) is 5.75 Å². The van der Waals surface area contributed by atoms with E-state index in [1.54, 1.807) is 30.0 Å². The van der Waals surface area contributed by atoms with Crippen LogP contribution in [0.15, 0.2) is 41.7 Å². The molecule has 1 spiro atoms. The van der Waals surface area contributed by atoms with E-state index < -0.39 is 34.4 Å². The van der Waals surface area contributed by atoms with Crippen molar-refractivity contribution >= 4 is 33.7 Å². The van der Waals surface area contributed by atoms with Gasteiger partial charge in [0.05, 0.1) is 29.2 Å². The molecule has 1 aromatic carbocycles. The molecule has 1 aliphatic heterocycles. The Morgan fingerprint density at radius 1 is 1.16 bits per heavy atom. The minimum absolute atomic E-state index is 0.0537. The molecule has 0 radical (unpaired) electrons. The quantitative estimate of drug-likeness (QED) is 0.242. The van der Waals surface area contributed by atoms with Gasteiger partial charge in [-0.2, -0.15) is 0 Å². The predicted octanol–water partition coefficient (Wildman–Crippen LogP) is 2.70. The van der Waals surface area contributed by atoms with Gasteiger partial charge in [0.25, 0.3) is 5.91 Å². The molecular weight excluding hydrogens is 594 g/mol. The Morgan fingerprint density at radius 2 is 1.86 bits per heavy atom. The van der Waals surface area contributed by atoms with E-state index in [4.69, 9.17) is 10.8 Å². The smallest absolute Gasteiger partial charge is 0.278 e. The molecule has 2 aromatic heterocycles. The number of aryl methyl sites for hydroxylation is 1. The number of thioether (sulfide) groups is 1. The standard InChI is InChI=1S/C29H32F2N8O4S/c1-36-13-19(35-15-36)12-34-27(42)16-6-8-29(9-7-16)37(2)28(43)23-25(41)24(40)20(14-39(23)38(29)3)26(33)44-22(32)10-17-4-5-18(30)11-21(17)31/h4-5,11,13-16,32-33,41H,6-10,12H2,1-3H3,(H,34,42). The predicted molar refractivity (Wildman–Crippen MR) is 161 cm³/mol. The van der Waals surface area contributed by atoms with Crippen molar-refractivity contribution in [3.63, 3.8) is 0 Å². The summed E-state index contributed by atoms with van der Waals surface area (Å²) in [6, 6.07) is 2.98. The zero-order valence-corrected chi connectivity index (χ0v) is 25.2. The number of hydrogen-bond donors (Lipinski definition) is 4. The van der Waals surface area contributed by atoms with Crippen LogP contribution in [-0.4, -0.2) is 65.9 Å². The molecule has 1 saturated carbocycles. The zero-order valence-electron chi connectivity index (χ0n) is 24.4. The number of carbonyl (C=O) groups excluding carboxylic acids is 2. The number of nitrogens with zero attached hydrogens (tertiary/aromatic N) is 5. The summed E-state index contributed by atoms with van der Waals surface area (Å²) < 4.78 is 30.5. The Morgan fingerprint density at radius 3 is 2.50 bits per heavy atom. The summed E-state index contributed by atoms with van der Waals surface area (Å²) in [5.74, 6) is -3.37. The van der Waals surface area contributed by atoms with Crippen LogP contribution in [0.1, 0.15) is 53.0 Å². The fourth-order valence-electron chi connectivity index (χ4n) is 5.89. The maximum Gasteiger partial charge on any atom is 0.278 e. The molecule has 15 heteroatoms. The summed E-state index contributed by atoms with van der Waals surface area (Å²) in [5, 5.41) is 31.7. The topological polar surface area (TPSA) is 160 Å². The molecule has 0 bridgehead atoms. The normalized spacial score (nSPS) is 19.7. The number of aromatic nitrogens is 3. The van der Waals surface area contributed by atoms with Gasteiger partial charge in [-0.05, 0) is 37.3 Å². The Bertz CT molecular complexity index is 1730. The second-order valence-electron chi connectivity index (χ2n) is 11.1. The molecule has 0 atom stereocenters. The maximum atomic E-state index is 14.1. The van der Waals surface area contributed by atoms with E-state index in [1.807, 2.05) is 13.2 Å². The molecule has 12 nitrogen and oxygen atoms in total. The number of aromatic hydroxyl groups is 1. The van der Waals surface area contributed by atoms with Crippen molar-refractivity contribution in [1.29, 1.82) is 10.8 Å². The minimum atomic E-state index is -0.950. The van der Waals surface area contributed by atoms with Crippen LogP contribution in [0, 0.1) is 28.4 Å². The molecule has 1 fully saturated rings. The minimum Gasteiger partial charge on any atom is -0.502 e. The van der Waals surface area contributed by atoms with E-state index in [0.29, 0.717) is 50.1 Å². The number of imidazole rings is 1. The third-order valence-corrected chi connectivity index (χ3v) is 9.23. The lowest BCUT2D eigenvalue weighted by Gasteiger charge is -2.55. The van der Waals surface area contributed by atoms with Gasteiger partial charge >= 0.3 is 0 Å². The van der Waals surface area contributed by atoms with E-state index in [9.17, 15) is 28.3 Å². The highest BCUT2D eigenvalue weighted by Gasteiger charge is 2.50. The van der Waals surface area contributed by atoms with Crippen LogP contribution in [0.2, 0.25) is 0 Å². The average Bonchev–Trinajstić information content (AvgIpc) is 3.41. The molecule has 232 valence electrons. The summed E-state index contributed by atoms with van der Waals surface area (Å²) in [4.78, 5) is 45.3. The SMILES string of the molecule is CN1C(=O)c2c(O)c(=O)c(C(=N)SC(=N)Cc3ccc(F)cc3F)cn2N(C)C12CCC(C(=O)NCc1cn(C)cn1)CC2. The van der Waals surface area contributed by atoms with Gasteiger partial charge in [0.2, 0.25) is 11.3 Å². The monoisotopic (exact) mass is 626 g/mol. The van der Waals surface area contributed by atoms with Gasteiger partial charge in [0.1, 0.15) is 22.3 Å². The molecule has 3 aromatic rings. The number of fused-ring (bicyclic) bond motifs is 1. The Labute approximate surface area is 255 Å². The Balaban J connectivity index is 1.33. The first-order valence-corrected chi connectivity index (χ1v) is 14.7. The van der Waals surface area contributed by atoms with Gasteiger partial charge in [-0.15, -0.1) is 0 Å². The van der Waals surface area contributed by atoms with Crippen LogP contribution in [0.5, 0.6) is 5.75 Å². The number of rotatable bonds is 6. The molecule has 3 heterocycles. The average molecular weight is 627 g/mol. The summed E-state index contributed by atoms with van der Waals surface area (Å²) in [6.07, 6.45) is 6.35. The third-order valence-electron chi connectivity index (χ3n) is 8.42. The molecule has 0 saturated heterocycles. The van der Waals surface area contributed by atoms with Gasteiger partial charge in [0, 0.05) is 51.9 Å². The maximum absolute atomic E-state index is 14.1. The highest BCUT2D eigenvalue weighted by atomic mass is 32.2. The van der Waals surface area contributed by atoms with Crippen LogP contribution >= 0.6 is 11.8 Å². The van der Waals surface area contributed by atoms with Crippen LogP contribution in [-0.2, 0) is 24.8 Å². The third kappa shape index (κ3) is 5.58. The summed E-state index contributed by atoms with van der Waals surface area (Å²) in [5.41, 5.74) is -1.53. The number of benzene rings is 1. The van der Waals surface area contributed by atoms with Crippen LogP contribution in [0.25, 0.3) is 0 Å². The summed E-state index contributed by atoms with van der Waals surface area (Å²) >= 11 is 0.589. The fraction of sp³-hybridized carbons (Fsp3) is 0.379. The van der Waals surface area contributed by atoms with Crippen LogP contribution in [0.4, 0.5) is 8.78 Å². The van der Waals surface area contributed by atoms with Gasteiger partial charge in [-0.1, -0.05) is 17.8 Å². The zero-order chi connectivity index (χ0) is 31.9. The molecule has 2 amide bonds. The van der Waals surface area contributed by atoms with Crippen molar-refractivity contribution in [2.45, 2.75) is 44.3 Å².